The molecule has 34 heavy (non-hydrogen) atoms. The third-order valence-corrected chi connectivity index (χ3v) is 5.86. The maximum atomic E-state index is 12.8. The van der Waals surface area contributed by atoms with Crippen LogP contribution in [0.25, 0.3) is 11.1 Å². The molecule has 1 aromatic heterocycles. The fraction of sp³-hybridized carbons (Fsp3) is 0.320. The molecule has 9 heteroatoms. The van der Waals surface area contributed by atoms with Crippen molar-refractivity contribution in [3.05, 3.63) is 72.1 Å². The third-order valence-electron chi connectivity index (χ3n) is 5.86. The number of halogens is 3. The van der Waals surface area contributed by atoms with Gasteiger partial charge in [0.05, 0.1) is 24.0 Å². The minimum Gasteiger partial charge on any atom is -0.447 e. The Balaban J connectivity index is 1.47. The van der Waals surface area contributed by atoms with E-state index in [9.17, 15) is 18.0 Å². The topological polar surface area (TPSA) is 67.3 Å². The number of anilines is 2. The van der Waals surface area contributed by atoms with Gasteiger partial charge in [0.25, 0.3) is 0 Å². The Kier molecular flexibility index (Phi) is 6.45. The second kappa shape index (κ2) is 9.32. The van der Waals surface area contributed by atoms with E-state index in [2.05, 4.69) is 15.3 Å². The molecule has 1 fully saturated rings. The van der Waals surface area contributed by atoms with Crippen LogP contribution in [0, 0.1) is 5.92 Å². The Morgan fingerprint density at radius 1 is 1.00 bits per heavy atom. The van der Waals surface area contributed by atoms with Crippen molar-refractivity contribution in [2.75, 3.05) is 16.8 Å². The lowest BCUT2D eigenvalue weighted by molar-refractivity contribution is -0.137. The largest absolute Gasteiger partial charge is 0.447 e. The van der Waals surface area contributed by atoms with Gasteiger partial charge in [0.2, 0.25) is 0 Å². The molecule has 0 aliphatic carbocycles. The second-order valence-electron chi connectivity index (χ2n) is 8.58. The molecule has 0 radical (unpaired) electrons. The van der Waals surface area contributed by atoms with E-state index < -0.39 is 17.8 Å². The minimum absolute atomic E-state index is 0.104. The van der Waals surface area contributed by atoms with E-state index in [4.69, 9.17) is 4.74 Å². The number of carbonyl (C=O) groups is 1. The van der Waals surface area contributed by atoms with Gasteiger partial charge < -0.3 is 10.1 Å². The summed E-state index contributed by atoms with van der Waals surface area (Å²) in [7, 11) is 0. The van der Waals surface area contributed by atoms with Gasteiger partial charge in [-0.25, -0.2) is 9.78 Å². The molecular weight excluding hydrogens is 445 g/mol. The van der Waals surface area contributed by atoms with Crippen LogP contribution in [0.4, 0.5) is 29.6 Å². The summed E-state index contributed by atoms with van der Waals surface area (Å²) in [5, 5.41) is 3.29. The molecule has 1 aliphatic heterocycles. The van der Waals surface area contributed by atoms with Gasteiger partial charge in [0.15, 0.2) is 5.82 Å². The van der Waals surface area contributed by atoms with E-state index in [-0.39, 0.29) is 18.0 Å². The average Bonchev–Trinajstić information content (AvgIpc) is 3.20. The Labute approximate surface area is 195 Å². The molecule has 0 bridgehead atoms. The van der Waals surface area contributed by atoms with Gasteiger partial charge in [0, 0.05) is 6.04 Å². The van der Waals surface area contributed by atoms with Crippen LogP contribution < -0.4 is 10.2 Å². The SMILES string of the molecule is CC(C)[C@H]1COC(=O)N1c1cncc(N[C@@H](C)c2ccc(-c3ccc(C(F)(F)F)cc3)cc2)n1. The molecule has 2 heterocycles. The van der Waals surface area contributed by atoms with Crippen molar-refractivity contribution in [2.24, 2.45) is 5.92 Å². The van der Waals surface area contributed by atoms with Gasteiger partial charge in [-0.3, -0.25) is 9.88 Å². The number of nitrogens with one attached hydrogen (secondary N) is 1. The molecule has 2 atom stereocenters. The monoisotopic (exact) mass is 470 g/mol. The summed E-state index contributed by atoms with van der Waals surface area (Å²) in [6, 6.07) is 12.4. The predicted molar refractivity (Wildman–Crippen MR) is 123 cm³/mol. The van der Waals surface area contributed by atoms with Gasteiger partial charge in [-0.1, -0.05) is 50.2 Å². The van der Waals surface area contributed by atoms with Gasteiger partial charge in [-0.2, -0.15) is 13.2 Å². The first kappa shape index (κ1) is 23.5. The van der Waals surface area contributed by atoms with Crippen LogP contribution in [0.5, 0.6) is 0 Å². The highest BCUT2D eigenvalue weighted by Crippen LogP contribution is 2.32. The number of aromatic nitrogens is 2. The van der Waals surface area contributed by atoms with Crippen molar-refractivity contribution in [1.82, 2.24) is 9.97 Å². The third kappa shape index (κ3) is 4.98. The summed E-state index contributed by atoms with van der Waals surface area (Å²) in [5.41, 5.74) is 1.81. The summed E-state index contributed by atoms with van der Waals surface area (Å²) in [5.74, 6) is 1.14. The lowest BCUT2D eigenvalue weighted by atomic mass is 10.0. The van der Waals surface area contributed by atoms with E-state index in [0.29, 0.717) is 23.8 Å². The fourth-order valence-electron chi connectivity index (χ4n) is 3.85. The van der Waals surface area contributed by atoms with Gasteiger partial charge in [0.1, 0.15) is 12.4 Å². The molecule has 0 saturated carbocycles. The van der Waals surface area contributed by atoms with Gasteiger partial charge in [-0.15, -0.1) is 0 Å². The van der Waals surface area contributed by atoms with Crippen molar-refractivity contribution in [3.63, 3.8) is 0 Å². The normalized spacial score (nSPS) is 17.1. The van der Waals surface area contributed by atoms with E-state index in [1.807, 2.05) is 45.0 Å². The Bertz CT molecular complexity index is 1150. The summed E-state index contributed by atoms with van der Waals surface area (Å²) in [6.45, 7) is 6.32. The van der Waals surface area contributed by atoms with Crippen molar-refractivity contribution >= 4 is 17.7 Å². The number of alkyl halides is 3. The molecule has 0 spiro atoms. The molecule has 4 rings (SSSR count). The van der Waals surface area contributed by atoms with E-state index >= 15 is 0 Å². The number of amides is 1. The standard InChI is InChI=1S/C25H25F3N4O2/c1-15(2)21-14-34-24(33)32(21)23-13-29-12-22(31-23)30-16(3)17-4-6-18(7-5-17)19-8-10-20(11-9-19)25(26,27)28/h4-13,15-16,21H,14H2,1-3H3,(H,30,31)/t16-,21+/m0/s1. The van der Waals surface area contributed by atoms with Crippen LogP contribution in [-0.4, -0.2) is 28.7 Å². The molecule has 2 aromatic carbocycles. The number of benzene rings is 2. The highest BCUT2D eigenvalue weighted by Gasteiger charge is 2.37. The maximum absolute atomic E-state index is 12.8. The molecular formula is C25H25F3N4O2. The van der Waals surface area contributed by atoms with Crippen LogP contribution in [0.1, 0.15) is 37.9 Å². The lowest BCUT2D eigenvalue weighted by Gasteiger charge is -2.23. The number of ether oxygens (including phenoxy) is 1. The molecule has 0 unspecified atom stereocenters. The molecule has 1 aliphatic rings. The first-order chi connectivity index (χ1) is 16.1. The molecule has 6 nitrogen and oxygen atoms in total. The average molecular weight is 470 g/mol. The number of carbonyl (C=O) groups excluding carboxylic acids is 1. The van der Waals surface area contributed by atoms with Crippen LogP contribution in [0.3, 0.4) is 0 Å². The maximum Gasteiger partial charge on any atom is 0.416 e. The smallest absolute Gasteiger partial charge is 0.416 e. The van der Waals surface area contributed by atoms with Gasteiger partial charge in [-0.05, 0) is 41.7 Å². The van der Waals surface area contributed by atoms with Crippen LogP contribution in [0.2, 0.25) is 0 Å². The molecule has 178 valence electrons. The number of hydrogen-bond acceptors (Lipinski definition) is 5. The van der Waals surface area contributed by atoms with Crippen LogP contribution in [0.15, 0.2) is 60.9 Å². The van der Waals surface area contributed by atoms with Crippen molar-refractivity contribution in [1.29, 1.82) is 0 Å². The summed E-state index contributed by atoms with van der Waals surface area (Å²) >= 11 is 0. The van der Waals surface area contributed by atoms with Crippen molar-refractivity contribution in [3.8, 4) is 11.1 Å². The lowest BCUT2D eigenvalue weighted by Crippen LogP contribution is -2.37. The molecule has 1 amide bonds. The highest BCUT2D eigenvalue weighted by atomic mass is 19.4. The molecule has 3 aromatic rings. The van der Waals surface area contributed by atoms with E-state index in [1.165, 1.54) is 23.2 Å². The van der Waals surface area contributed by atoms with Crippen molar-refractivity contribution in [2.45, 2.75) is 39.0 Å². The quantitative estimate of drug-likeness (QED) is 0.457. The van der Waals surface area contributed by atoms with E-state index in [1.54, 1.807) is 6.20 Å². The number of cyclic esters (lactones) is 1. The Hall–Kier alpha value is -3.62. The van der Waals surface area contributed by atoms with Crippen LogP contribution in [-0.2, 0) is 10.9 Å². The second-order valence-corrected chi connectivity index (χ2v) is 8.58. The number of hydrogen-bond donors (Lipinski definition) is 1. The number of nitrogens with zero attached hydrogens (tertiary/aromatic N) is 3. The Morgan fingerprint density at radius 2 is 1.62 bits per heavy atom. The zero-order valence-corrected chi connectivity index (χ0v) is 19.0. The summed E-state index contributed by atoms with van der Waals surface area (Å²) in [4.78, 5) is 22.5. The van der Waals surface area contributed by atoms with Gasteiger partial charge >= 0.3 is 12.3 Å². The van der Waals surface area contributed by atoms with Crippen molar-refractivity contribution < 1.29 is 22.7 Å². The summed E-state index contributed by atoms with van der Waals surface area (Å²) in [6.07, 6.45) is -1.66. The zero-order valence-electron chi connectivity index (χ0n) is 19.0. The number of rotatable bonds is 6. The minimum atomic E-state index is -4.35. The highest BCUT2D eigenvalue weighted by molar-refractivity contribution is 5.89. The summed E-state index contributed by atoms with van der Waals surface area (Å²) < 4.78 is 43.6. The Morgan fingerprint density at radius 3 is 2.21 bits per heavy atom. The fourth-order valence-corrected chi connectivity index (χ4v) is 3.85. The van der Waals surface area contributed by atoms with E-state index in [0.717, 1.165) is 23.3 Å². The predicted octanol–water partition coefficient (Wildman–Crippen LogP) is 6.32. The molecule has 1 N–H and O–H groups in total. The first-order valence-electron chi connectivity index (χ1n) is 11.0. The molecule has 1 saturated heterocycles. The first-order valence-corrected chi connectivity index (χ1v) is 11.0. The van der Waals surface area contributed by atoms with Crippen LogP contribution >= 0.6 is 0 Å². The zero-order chi connectivity index (χ0) is 24.5.